The van der Waals surface area contributed by atoms with E-state index < -0.39 is 15.9 Å². The van der Waals surface area contributed by atoms with Gasteiger partial charge in [-0.1, -0.05) is 23.4 Å². The monoisotopic (exact) mass is 430 g/mol. The molecule has 0 aliphatic heterocycles. The number of carbonyl (C=O) groups excluding carboxylic acids is 1. The van der Waals surface area contributed by atoms with E-state index in [1.54, 1.807) is 44.2 Å². The molecule has 2 aromatic carbocycles. The summed E-state index contributed by atoms with van der Waals surface area (Å²) in [4.78, 5) is 17.0. The molecular weight excluding hydrogens is 408 g/mol. The molecule has 0 spiro atoms. The number of anilines is 1. The van der Waals surface area contributed by atoms with Gasteiger partial charge in [0.2, 0.25) is 21.7 Å². The van der Waals surface area contributed by atoms with Crippen molar-refractivity contribution >= 4 is 21.6 Å². The molecule has 158 valence electrons. The second-order valence-electron chi connectivity index (χ2n) is 6.73. The van der Waals surface area contributed by atoms with E-state index in [0.29, 0.717) is 23.2 Å². The lowest BCUT2D eigenvalue weighted by Crippen LogP contribution is -2.22. The van der Waals surface area contributed by atoms with E-state index in [1.165, 1.54) is 26.2 Å². The van der Waals surface area contributed by atoms with E-state index in [4.69, 9.17) is 9.26 Å². The fourth-order valence-electron chi connectivity index (χ4n) is 2.62. The summed E-state index contributed by atoms with van der Waals surface area (Å²) in [6.07, 6.45) is 0. The van der Waals surface area contributed by atoms with Crippen LogP contribution in [-0.4, -0.2) is 42.9 Å². The number of rotatable bonds is 7. The Balaban J connectivity index is 1.83. The van der Waals surface area contributed by atoms with Crippen LogP contribution in [0.5, 0.6) is 5.75 Å². The molecule has 0 bridgehead atoms. The SMILES string of the molecule is Cc1nc(COc2ccccc2C(=O)Nc2cc(S(=O)(=O)N(C)C)ccc2C)no1. The van der Waals surface area contributed by atoms with Crippen molar-refractivity contribution < 1.29 is 22.5 Å². The second-order valence-corrected chi connectivity index (χ2v) is 8.88. The van der Waals surface area contributed by atoms with Crippen LogP contribution in [0, 0.1) is 13.8 Å². The lowest BCUT2D eigenvalue weighted by molar-refractivity contribution is 0.102. The number of benzene rings is 2. The fraction of sp³-hybridized carbons (Fsp3) is 0.250. The molecule has 0 fully saturated rings. The van der Waals surface area contributed by atoms with E-state index in [2.05, 4.69) is 15.5 Å². The summed E-state index contributed by atoms with van der Waals surface area (Å²) in [6, 6.07) is 11.3. The van der Waals surface area contributed by atoms with Gasteiger partial charge in [0.25, 0.3) is 5.91 Å². The Morgan fingerprint density at radius 3 is 2.57 bits per heavy atom. The molecule has 10 heteroatoms. The van der Waals surface area contributed by atoms with E-state index >= 15 is 0 Å². The Morgan fingerprint density at radius 1 is 1.17 bits per heavy atom. The number of nitrogens with one attached hydrogen (secondary N) is 1. The van der Waals surface area contributed by atoms with Crippen molar-refractivity contribution in [2.24, 2.45) is 0 Å². The van der Waals surface area contributed by atoms with Crippen molar-refractivity contribution in [2.75, 3.05) is 19.4 Å². The molecule has 0 aliphatic rings. The highest BCUT2D eigenvalue weighted by Crippen LogP contribution is 2.25. The first-order valence-electron chi connectivity index (χ1n) is 9.04. The number of para-hydroxylation sites is 1. The minimum atomic E-state index is -3.63. The average molecular weight is 430 g/mol. The van der Waals surface area contributed by atoms with Gasteiger partial charge in [0.1, 0.15) is 5.75 Å². The highest BCUT2D eigenvalue weighted by atomic mass is 32.2. The fourth-order valence-corrected chi connectivity index (χ4v) is 3.55. The van der Waals surface area contributed by atoms with Gasteiger partial charge >= 0.3 is 0 Å². The van der Waals surface area contributed by atoms with E-state index in [1.807, 2.05) is 0 Å². The van der Waals surface area contributed by atoms with Gasteiger partial charge in [-0.2, -0.15) is 4.98 Å². The summed E-state index contributed by atoms with van der Waals surface area (Å²) in [5, 5.41) is 6.53. The minimum Gasteiger partial charge on any atom is -0.485 e. The van der Waals surface area contributed by atoms with Crippen LogP contribution in [0.4, 0.5) is 5.69 Å². The third-order valence-corrected chi connectivity index (χ3v) is 6.10. The van der Waals surface area contributed by atoms with Gasteiger partial charge in [-0.25, -0.2) is 12.7 Å². The number of nitrogens with zero attached hydrogens (tertiary/aromatic N) is 3. The molecule has 0 atom stereocenters. The molecule has 0 aliphatic carbocycles. The first-order chi connectivity index (χ1) is 14.2. The van der Waals surface area contributed by atoms with Crippen LogP contribution in [0.1, 0.15) is 27.6 Å². The van der Waals surface area contributed by atoms with Gasteiger partial charge in [0.05, 0.1) is 10.5 Å². The molecule has 0 saturated heterocycles. The Hall–Kier alpha value is -3.24. The normalized spacial score (nSPS) is 11.5. The van der Waals surface area contributed by atoms with Crippen LogP contribution in [0.15, 0.2) is 51.9 Å². The molecular formula is C20H22N4O5S. The van der Waals surface area contributed by atoms with Gasteiger partial charge in [-0.05, 0) is 36.8 Å². The van der Waals surface area contributed by atoms with E-state index in [9.17, 15) is 13.2 Å². The van der Waals surface area contributed by atoms with Crippen molar-refractivity contribution in [1.82, 2.24) is 14.4 Å². The molecule has 1 aromatic heterocycles. The van der Waals surface area contributed by atoms with Gasteiger partial charge in [-0.15, -0.1) is 0 Å². The van der Waals surface area contributed by atoms with Gasteiger partial charge < -0.3 is 14.6 Å². The number of carbonyl (C=O) groups is 1. The number of amides is 1. The predicted molar refractivity (Wildman–Crippen MR) is 110 cm³/mol. The van der Waals surface area contributed by atoms with Crippen molar-refractivity contribution in [3.05, 3.63) is 65.3 Å². The number of hydrogen-bond donors (Lipinski definition) is 1. The Kier molecular flexibility index (Phi) is 6.18. The summed E-state index contributed by atoms with van der Waals surface area (Å²) in [7, 11) is -0.726. The van der Waals surface area contributed by atoms with Crippen LogP contribution in [-0.2, 0) is 16.6 Å². The Bertz CT molecular complexity index is 1170. The molecule has 0 radical (unpaired) electrons. The van der Waals surface area contributed by atoms with E-state index in [-0.39, 0.29) is 17.1 Å². The first kappa shape index (κ1) is 21.5. The Morgan fingerprint density at radius 2 is 1.90 bits per heavy atom. The molecule has 0 unspecified atom stereocenters. The largest absolute Gasteiger partial charge is 0.485 e. The van der Waals surface area contributed by atoms with Gasteiger partial charge in [-0.3, -0.25) is 4.79 Å². The smallest absolute Gasteiger partial charge is 0.259 e. The molecule has 0 saturated carbocycles. The summed E-state index contributed by atoms with van der Waals surface area (Å²) in [5.74, 6) is 0.687. The molecule has 3 rings (SSSR count). The number of sulfonamides is 1. The topological polar surface area (TPSA) is 115 Å². The standard InChI is InChI=1S/C20H22N4O5S/c1-13-9-10-15(30(26,27)24(3)4)11-17(13)22-20(25)16-7-5-6-8-18(16)28-12-19-21-14(2)29-23-19/h5-11H,12H2,1-4H3,(H,22,25). The van der Waals surface area contributed by atoms with Crippen molar-refractivity contribution in [1.29, 1.82) is 0 Å². The van der Waals surface area contributed by atoms with Gasteiger partial charge in [0, 0.05) is 26.7 Å². The lowest BCUT2D eigenvalue weighted by Gasteiger charge is -2.15. The number of hydrogen-bond acceptors (Lipinski definition) is 7. The molecule has 9 nitrogen and oxygen atoms in total. The molecule has 1 N–H and O–H groups in total. The zero-order valence-corrected chi connectivity index (χ0v) is 17.9. The number of aromatic nitrogens is 2. The Labute approximate surface area is 174 Å². The minimum absolute atomic E-state index is 0.0389. The maximum Gasteiger partial charge on any atom is 0.259 e. The van der Waals surface area contributed by atoms with Gasteiger partial charge in [0.15, 0.2) is 6.61 Å². The van der Waals surface area contributed by atoms with Crippen LogP contribution in [0.25, 0.3) is 0 Å². The summed E-state index contributed by atoms with van der Waals surface area (Å²) in [5.41, 5.74) is 1.41. The highest BCUT2D eigenvalue weighted by molar-refractivity contribution is 7.89. The third-order valence-electron chi connectivity index (χ3n) is 4.29. The molecule has 1 amide bonds. The van der Waals surface area contributed by atoms with Crippen LogP contribution in [0.3, 0.4) is 0 Å². The zero-order valence-electron chi connectivity index (χ0n) is 17.0. The highest BCUT2D eigenvalue weighted by Gasteiger charge is 2.20. The molecule has 30 heavy (non-hydrogen) atoms. The number of aryl methyl sites for hydroxylation is 2. The maximum atomic E-state index is 12.9. The predicted octanol–water partition coefficient (Wildman–Crippen LogP) is 2.77. The average Bonchev–Trinajstić information content (AvgIpc) is 3.13. The van der Waals surface area contributed by atoms with Crippen LogP contribution >= 0.6 is 0 Å². The van der Waals surface area contributed by atoms with Crippen molar-refractivity contribution in [3.8, 4) is 5.75 Å². The lowest BCUT2D eigenvalue weighted by atomic mass is 10.1. The van der Waals surface area contributed by atoms with Crippen LogP contribution < -0.4 is 10.1 Å². The summed E-state index contributed by atoms with van der Waals surface area (Å²) < 4.78 is 36.5. The summed E-state index contributed by atoms with van der Waals surface area (Å²) >= 11 is 0. The second kappa shape index (κ2) is 8.64. The quantitative estimate of drug-likeness (QED) is 0.613. The number of ether oxygens (including phenoxy) is 1. The van der Waals surface area contributed by atoms with Crippen molar-refractivity contribution in [2.45, 2.75) is 25.3 Å². The van der Waals surface area contributed by atoms with Crippen LogP contribution in [0.2, 0.25) is 0 Å². The molecule has 1 heterocycles. The third kappa shape index (κ3) is 4.66. The van der Waals surface area contributed by atoms with Crippen molar-refractivity contribution in [3.63, 3.8) is 0 Å². The van der Waals surface area contributed by atoms with E-state index in [0.717, 1.165) is 9.87 Å². The zero-order chi connectivity index (χ0) is 21.9. The summed E-state index contributed by atoms with van der Waals surface area (Å²) in [6.45, 7) is 3.49. The molecule has 3 aromatic rings. The maximum absolute atomic E-state index is 12.9. The first-order valence-corrected chi connectivity index (χ1v) is 10.5.